The van der Waals surface area contributed by atoms with E-state index in [4.69, 9.17) is 32.4 Å². The maximum atomic E-state index is 13.7. The summed E-state index contributed by atoms with van der Waals surface area (Å²) in [6.45, 7) is -0.203. The van der Waals surface area contributed by atoms with E-state index in [2.05, 4.69) is 10.4 Å². The zero-order valence-corrected chi connectivity index (χ0v) is 18.4. The van der Waals surface area contributed by atoms with Crippen molar-refractivity contribution in [3.8, 4) is 5.75 Å². The summed E-state index contributed by atoms with van der Waals surface area (Å²) in [5, 5.41) is 7.60. The molecule has 176 valence electrons. The van der Waals surface area contributed by atoms with Crippen LogP contribution < -0.4 is 10.1 Å². The summed E-state index contributed by atoms with van der Waals surface area (Å²) in [5.41, 5.74) is 0.845. The molecule has 1 amide bonds. The van der Waals surface area contributed by atoms with Crippen LogP contribution in [0.5, 0.6) is 5.75 Å². The predicted octanol–water partition coefficient (Wildman–Crippen LogP) is 6.22. The maximum Gasteiger partial charge on any atom is 0.292 e. The molecule has 2 aromatic heterocycles. The van der Waals surface area contributed by atoms with Gasteiger partial charge in [0.1, 0.15) is 12.4 Å². The van der Waals surface area contributed by atoms with E-state index in [0.717, 1.165) is 5.56 Å². The smallest absolute Gasteiger partial charge is 0.292 e. The molecule has 1 N–H and O–H groups in total. The minimum absolute atomic E-state index is 0.0150. The molecular weight excluding hydrogens is 501 g/mol. The van der Waals surface area contributed by atoms with Gasteiger partial charge in [-0.2, -0.15) is 13.9 Å². The Morgan fingerprint density at radius 1 is 1.00 bits per heavy atom. The standard InChI is InChI=1S/C22H13Cl2F4N3O3/c23-13-3-1-11(7-14(13)24)9-31-6-5-18(30-31)29-22(32)17-4-2-12(34-17)10-33-21-19(27)15(25)8-16(26)20(21)28/h1-8H,9-10H2,(H,29,30,32). The number of ether oxygens (including phenoxy) is 1. The van der Waals surface area contributed by atoms with Crippen molar-refractivity contribution in [2.45, 2.75) is 13.2 Å². The second-order valence-corrected chi connectivity index (χ2v) is 7.77. The van der Waals surface area contributed by atoms with E-state index >= 15 is 0 Å². The van der Waals surface area contributed by atoms with Gasteiger partial charge in [0.05, 0.1) is 16.6 Å². The van der Waals surface area contributed by atoms with Crippen molar-refractivity contribution in [3.63, 3.8) is 0 Å². The number of amides is 1. The monoisotopic (exact) mass is 513 g/mol. The van der Waals surface area contributed by atoms with Crippen molar-refractivity contribution in [1.82, 2.24) is 9.78 Å². The topological polar surface area (TPSA) is 69.3 Å². The highest BCUT2D eigenvalue weighted by Gasteiger charge is 2.21. The second-order valence-electron chi connectivity index (χ2n) is 6.95. The normalized spacial score (nSPS) is 11.0. The summed E-state index contributed by atoms with van der Waals surface area (Å²) < 4.78 is 65.5. The molecular formula is C22H13Cl2F4N3O3. The van der Waals surface area contributed by atoms with Gasteiger partial charge in [-0.1, -0.05) is 29.3 Å². The van der Waals surface area contributed by atoms with Crippen molar-refractivity contribution >= 4 is 34.9 Å². The first-order valence-corrected chi connectivity index (χ1v) is 10.3. The molecule has 4 aromatic rings. The molecule has 2 heterocycles. The maximum absolute atomic E-state index is 13.7. The molecule has 0 fully saturated rings. The quantitative estimate of drug-likeness (QED) is 0.235. The molecule has 0 atom stereocenters. The van der Waals surface area contributed by atoms with Crippen LogP contribution in [0, 0.1) is 23.3 Å². The fourth-order valence-electron chi connectivity index (χ4n) is 2.92. The highest BCUT2D eigenvalue weighted by atomic mass is 35.5. The first kappa shape index (κ1) is 23.7. The number of halogens is 6. The van der Waals surface area contributed by atoms with Crippen LogP contribution in [0.3, 0.4) is 0 Å². The Labute approximate surface area is 199 Å². The van der Waals surface area contributed by atoms with Gasteiger partial charge in [-0.05, 0) is 29.8 Å². The molecule has 0 saturated carbocycles. The lowest BCUT2D eigenvalue weighted by molar-refractivity contribution is 0.0991. The Bertz CT molecular complexity index is 1350. The number of benzene rings is 2. The van der Waals surface area contributed by atoms with Gasteiger partial charge in [-0.25, -0.2) is 8.78 Å². The lowest BCUT2D eigenvalue weighted by Crippen LogP contribution is -2.12. The van der Waals surface area contributed by atoms with Gasteiger partial charge in [-0.3, -0.25) is 9.48 Å². The van der Waals surface area contributed by atoms with Crippen LogP contribution in [0.15, 0.2) is 53.1 Å². The average Bonchev–Trinajstić information content (AvgIpc) is 3.44. The number of aromatic nitrogens is 2. The minimum Gasteiger partial charge on any atom is -0.479 e. The van der Waals surface area contributed by atoms with Crippen LogP contribution in [0.2, 0.25) is 10.0 Å². The number of carbonyl (C=O) groups excluding carboxylic acids is 1. The Balaban J connectivity index is 1.37. The molecule has 34 heavy (non-hydrogen) atoms. The van der Waals surface area contributed by atoms with Gasteiger partial charge in [0.25, 0.3) is 5.91 Å². The van der Waals surface area contributed by atoms with Crippen LogP contribution in [0.1, 0.15) is 21.9 Å². The number of carbonyl (C=O) groups is 1. The number of nitrogens with zero attached hydrogens (tertiary/aromatic N) is 2. The van der Waals surface area contributed by atoms with Crippen LogP contribution in [-0.2, 0) is 13.2 Å². The average molecular weight is 514 g/mol. The third-order valence-corrected chi connectivity index (χ3v) is 5.27. The van der Waals surface area contributed by atoms with Gasteiger partial charge >= 0.3 is 0 Å². The van der Waals surface area contributed by atoms with Gasteiger partial charge in [0.2, 0.25) is 11.6 Å². The summed E-state index contributed by atoms with van der Waals surface area (Å²) in [4.78, 5) is 12.4. The van der Waals surface area contributed by atoms with Crippen LogP contribution in [0.4, 0.5) is 23.4 Å². The molecule has 0 unspecified atom stereocenters. The Morgan fingerprint density at radius 2 is 1.74 bits per heavy atom. The first-order chi connectivity index (χ1) is 16.2. The van der Waals surface area contributed by atoms with E-state index in [1.807, 2.05) is 0 Å². The number of hydrogen-bond donors (Lipinski definition) is 1. The van der Waals surface area contributed by atoms with Gasteiger partial charge in [-0.15, -0.1) is 0 Å². The third-order valence-electron chi connectivity index (χ3n) is 4.53. The summed E-state index contributed by atoms with van der Waals surface area (Å²) in [6, 6.07) is 9.38. The first-order valence-electron chi connectivity index (χ1n) is 9.54. The summed E-state index contributed by atoms with van der Waals surface area (Å²) >= 11 is 11.9. The Morgan fingerprint density at radius 3 is 2.44 bits per heavy atom. The molecule has 0 aliphatic carbocycles. The number of anilines is 1. The van der Waals surface area contributed by atoms with Gasteiger partial charge in [0.15, 0.2) is 29.0 Å². The molecule has 4 rings (SSSR count). The lowest BCUT2D eigenvalue weighted by Gasteiger charge is -2.08. The SMILES string of the molecule is O=C(Nc1ccn(Cc2ccc(Cl)c(Cl)c2)n1)c1ccc(COc2c(F)c(F)cc(F)c2F)o1. The summed E-state index contributed by atoms with van der Waals surface area (Å²) in [6.07, 6.45) is 1.64. The van der Waals surface area contributed by atoms with Crippen LogP contribution in [-0.4, -0.2) is 15.7 Å². The fourth-order valence-corrected chi connectivity index (χ4v) is 3.24. The van der Waals surface area contributed by atoms with Crippen molar-refractivity contribution in [2.75, 3.05) is 5.32 Å². The number of rotatable bonds is 7. The van der Waals surface area contributed by atoms with Crippen LogP contribution in [0.25, 0.3) is 0 Å². The highest BCUT2D eigenvalue weighted by Crippen LogP contribution is 2.27. The van der Waals surface area contributed by atoms with Gasteiger partial charge < -0.3 is 14.5 Å². The van der Waals surface area contributed by atoms with Gasteiger partial charge in [0, 0.05) is 18.3 Å². The number of furan rings is 1. The Kier molecular flexibility index (Phi) is 6.80. The van der Waals surface area contributed by atoms with E-state index in [9.17, 15) is 22.4 Å². The third kappa shape index (κ3) is 5.18. The molecule has 2 aromatic carbocycles. The molecule has 0 bridgehead atoms. The molecule has 0 aliphatic heterocycles. The molecule has 0 aliphatic rings. The van der Waals surface area contributed by atoms with E-state index < -0.39 is 41.5 Å². The summed E-state index contributed by atoms with van der Waals surface area (Å²) in [7, 11) is 0. The zero-order chi connectivity index (χ0) is 24.4. The fraction of sp³-hybridized carbons (Fsp3) is 0.0909. The number of nitrogens with one attached hydrogen (secondary N) is 1. The predicted molar refractivity (Wildman–Crippen MR) is 115 cm³/mol. The van der Waals surface area contributed by atoms with Crippen LogP contribution >= 0.6 is 23.2 Å². The molecule has 0 saturated heterocycles. The van der Waals surface area contributed by atoms with E-state index in [1.54, 1.807) is 35.1 Å². The molecule has 0 radical (unpaired) electrons. The van der Waals surface area contributed by atoms with Crippen molar-refractivity contribution in [1.29, 1.82) is 0 Å². The number of hydrogen-bond acceptors (Lipinski definition) is 4. The zero-order valence-electron chi connectivity index (χ0n) is 16.9. The van der Waals surface area contributed by atoms with E-state index in [-0.39, 0.29) is 23.4 Å². The largest absolute Gasteiger partial charge is 0.479 e. The molecule has 12 heteroatoms. The van der Waals surface area contributed by atoms with Crippen molar-refractivity contribution < 1.29 is 31.5 Å². The lowest BCUT2D eigenvalue weighted by atomic mass is 10.2. The van der Waals surface area contributed by atoms with Crippen molar-refractivity contribution in [2.24, 2.45) is 0 Å². The highest BCUT2D eigenvalue weighted by molar-refractivity contribution is 6.42. The summed E-state index contributed by atoms with van der Waals surface area (Å²) in [5.74, 6) is -8.38. The minimum atomic E-state index is -1.68. The van der Waals surface area contributed by atoms with Crippen molar-refractivity contribution in [3.05, 3.63) is 99.1 Å². The van der Waals surface area contributed by atoms with E-state index in [1.165, 1.54) is 12.1 Å². The molecule has 0 spiro atoms. The molecule has 6 nitrogen and oxygen atoms in total. The second kappa shape index (κ2) is 9.78. The van der Waals surface area contributed by atoms with E-state index in [0.29, 0.717) is 16.6 Å². The Hall–Kier alpha value is -3.50.